The van der Waals surface area contributed by atoms with Gasteiger partial charge >= 0.3 is 5.97 Å². The number of aromatic hydroxyl groups is 1. The molecule has 1 aliphatic heterocycles. The van der Waals surface area contributed by atoms with E-state index in [1.165, 1.54) is 0 Å². The Kier molecular flexibility index (Phi) is 3.56. The predicted octanol–water partition coefficient (Wildman–Crippen LogP) is 3.90. The van der Waals surface area contributed by atoms with Crippen LogP contribution in [0.2, 0.25) is 0 Å². The summed E-state index contributed by atoms with van der Waals surface area (Å²) in [6, 6.07) is 20.7. The average molecular weight is 278 g/mol. The van der Waals surface area contributed by atoms with Gasteiger partial charge < -0.3 is 9.84 Å². The smallest absolute Gasteiger partial charge is 0.338 e. The maximum absolute atomic E-state index is 10.8. The number of carbonyl (C=O) groups is 1. The largest absolute Gasteiger partial charge is 0.507 e. The van der Waals surface area contributed by atoms with Gasteiger partial charge in [-0.2, -0.15) is 0 Å². The van der Waals surface area contributed by atoms with Gasteiger partial charge in [0.2, 0.25) is 0 Å². The molecule has 0 spiro atoms. The van der Waals surface area contributed by atoms with Crippen molar-refractivity contribution >= 4 is 16.7 Å². The van der Waals surface area contributed by atoms with E-state index in [0.717, 1.165) is 16.3 Å². The summed E-state index contributed by atoms with van der Waals surface area (Å²) in [5.74, 6) is 0.152. The molecular weight excluding hydrogens is 264 g/mol. The molecule has 0 radical (unpaired) electrons. The zero-order chi connectivity index (χ0) is 14.7. The van der Waals surface area contributed by atoms with E-state index in [0.29, 0.717) is 17.9 Å². The third-order valence-corrected chi connectivity index (χ3v) is 3.36. The number of carbonyl (C=O) groups excluding carboxylic acids is 1. The second kappa shape index (κ2) is 5.67. The minimum Gasteiger partial charge on any atom is -0.507 e. The van der Waals surface area contributed by atoms with Crippen molar-refractivity contribution in [1.82, 2.24) is 0 Å². The van der Waals surface area contributed by atoms with Gasteiger partial charge in [-0.15, -0.1) is 0 Å². The van der Waals surface area contributed by atoms with Crippen molar-refractivity contribution < 1.29 is 14.6 Å². The fourth-order valence-corrected chi connectivity index (χ4v) is 2.27. The quantitative estimate of drug-likeness (QED) is 0.634. The van der Waals surface area contributed by atoms with Crippen molar-refractivity contribution in [3.63, 3.8) is 0 Å². The number of fused-ring (bicyclic) bond motifs is 2. The Morgan fingerprint density at radius 2 is 1.57 bits per heavy atom. The summed E-state index contributed by atoms with van der Waals surface area (Å²) in [7, 11) is 0. The standard InChI is InChI=1S/C10H8O.C8H6O2/c11-10-7-3-5-8-4-1-2-6-9(8)10;9-8-7-4-2-1-3-6(7)5-10-8/h1-7,11H;1-4H,5H2. The second-order valence-corrected chi connectivity index (χ2v) is 4.73. The van der Waals surface area contributed by atoms with Crippen molar-refractivity contribution in [2.45, 2.75) is 6.61 Å². The van der Waals surface area contributed by atoms with Gasteiger partial charge in [0, 0.05) is 10.9 Å². The SMILES string of the molecule is O=C1OCc2ccccc21.Oc1cccc2ccccc12. The number of cyclic esters (lactones) is 1. The van der Waals surface area contributed by atoms with Gasteiger partial charge in [0.05, 0.1) is 5.56 Å². The molecule has 4 rings (SSSR count). The highest BCUT2D eigenvalue weighted by molar-refractivity contribution is 5.93. The lowest BCUT2D eigenvalue weighted by Crippen LogP contribution is -1.91. The van der Waals surface area contributed by atoms with E-state index < -0.39 is 0 Å². The molecule has 3 nitrogen and oxygen atoms in total. The molecular formula is C18H14O3. The Bertz CT molecular complexity index is 788. The number of phenolic OH excluding ortho intramolecular Hbond substituents is 1. The van der Waals surface area contributed by atoms with E-state index in [9.17, 15) is 9.90 Å². The Morgan fingerprint density at radius 3 is 2.38 bits per heavy atom. The van der Waals surface area contributed by atoms with Crippen molar-refractivity contribution in [3.05, 3.63) is 77.9 Å². The zero-order valence-electron chi connectivity index (χ0n) is 11.3. The normalized spacial score (nSPS) is 12.3. The molecule has 0 saturated carbocycles. The number of benzene rings is 3. The Balaban J connectivity index is 0.000000126. The molecule has 1 heterocycles. The third-order valence-electron chi connectivity index (χ3n) is 3.36. The highest BCUT2D eigenvalue weighted by Crippen LogP contribution is 2.23. The molecule has 0 unspecified atom stereocenters. The maximum Gasteiger partial charge on any atom is 0.338 e. The Hall–Kier alpha value is -2.81. The van der Waals surface area contributed by atoms with Gasteiger partial charge in [0.25, 0.3) is 0 Å². The molecule has 0 atom stereocenters. The van der Waals surface area contributed by atoms with Crippen molar-refractivity contribution in [2.24, 2.45) is 0 Å². The van der Waals surface area contributed by atoms with Gasteiger partial charge in [-0.05, 0) is 17.5 Å². The fourth-order valence-electron chi connectivity index (χ4n) is 2.27. The first kappa shape index (κ1) is 13.2. The maximum atomic E-state index is 10.8. The molecule has 3 heteroatoms. The van der Waals surface area contributed by atoms with Crippen molar-refractivity contribution in [2.75, 3.05) is 0 Å². The van der Waals surface area contributed by atoms with E-state index in [1.807, 2.05) is 54.6 Å². The van der Waals surface area contributed by atoms with E-state index in [4.69, 9.17) is 4.74 Å². The first-order valence-corrected chi connectivity index (χ1v) is 6.67. The summed E-state index contributed by atoms with van der Waals surface area (Å²) in [4.78, 5) is 10.8. The van der Waals surface area contributed by atoms with Gasteiger partial charge in [-0.25, -0.2) is 4.79 Å². The summed E-state index contributed by atoms with van der Waals surface area (Å²) in [6.45, 7) is 0.439. The first-order chi connectivity index (χ1) is 10.3. The molecule has 104 valence electrons. The van der Waals surface area contributed by atoms with Crippen LogP contribution in [0.1, 0.15) is 15.9 Å². The second-order valence-electron chi connectivity index (χ2n) is 4.73. The number of hydrogen-bond acceptors (Lipinski definition) is 3. The summed E-state index contributed by atoms with van der Waals surface area (Å²) in [5, 5.41) is 11.4. The lowest BCUT2D eigenvalue weighted by molar-refractivity contribution is 0.0535. The van der Waals surface area contributed by atoms with Crippen LogP contribution in [-0.4, -0.2) is 11.1 Å². The third kappa shape index (κ3) is 2.72. The van der Waals surface area contributed by atoms with Gasteiger partial charge in [0.1, 0.15) is 12.4 Å². The van der Waals surface area contributed by atoms with Crippen LogP contribution in [0, 0.1) is 0 Å². The highest BCUT2D eigenvalue weighted by atomic mass is 16.5. The zero-order valence-corrected chi connectivity index (χ0v) is 11.3. The molecule has 1 aliphatic rings. The lowest BCUT2D eigenvalue weighted by Gasteiger charge is -1.97. The minimum absolute atomic E-state index is 0.199. The molecule has 0 fully saturated rings. The molecule has 0 aromatic heterocycles. The predicted molar refractivity (Wildman–Crippen MR) is 81.2 cm³/mol. The number of esters is 1. The van der Waals surface area contributed by atoms with E-state index >= 15 is 0 Å². The number of ether oxygens (including phenoxy) is 1. The summed E-state index contributed by atoms with van der Waals surface area (Å²) >= 11 is 0. The van der Waals surface area contributed by atoms with Crippen LogP contribution in [0.5, 0.6) is 5.75 Å². The van der Waals surface area contributed by atoms with Crippen LogP contribution in [0.4, 0.5) is 0 Å². The van der Waals surface area contributed by atoms with Crippen LogP contribution in [-0.2, 0) is 11.3 Å². The summed E-state index contributed by atoms with van der Waals surface area (Å²) in [6.07, 6.45) is 0. The van der Waals surface area contributed by atoms with Gasteiger partial charge in [0.15, 0.2) is 0 Å². The molecule has 0 bridgehead atoms. The molecule has 0 amide bonds. The molecule has 0 saturated heterocycles. The number of phenols is 1. The first-order valence-electron chi connectivity index (χ1n) is 6.67. The van der Waals surface area contributed by atoms with E-state index in [1.54, 1.807) is 12.1 Å². The van der Waals surface area contributed by atoms with Gasteiger partial charge in [-0.1, -0.05) is 54.6 Å². The van der Waals surface area contributed by atoms with Crippen LogP contribution in [0.25, 0.3) is 10.8 Å². The molecule has 0 aliphatic carbocycles. The number of rotatable bonds is 0. The fraction of sp³-hybridized carbons (Fsp3) is 0.0556. The van der Waals surface area contributed by atoms with Crippen LogP contribution in [0.3, 0.4) is 0 Å². The van der Waals surface area contributed by atoms with E-state index in [2.05, 4.69) is 0 Å². The number of hydrogen-bond donors (Lipinski definition) is 1. The van der Waals surface area contributed by atoms with Crippen LogP contribution >= 0.6 is 0 Å². The monoisotopic (exact) mass is 278 g/mol. The molecule has 21 heavy (non-hydrogen) atoms. The van der Waals surface area contributed by atoms with Crippen LogP contribution in [0.15, 0.2) is 66.7 Å². The molecule has 3 aromatic rings. The van der Waals surface area contributed by atoms with Gasteiger partial charge in [-0.3, -0.25) is 0 Å². The molecule has 1 N–H and O–H groups in total. The Morgan fingerprint density at radius 1 is 0.857 bits per heavy atom. The highest BCUT2D eigenvalue weighted by Gasteiger charge is 2.18. The van der Waals surface area contributed by atoms with E-state index in [-0.39, 0.29) is 5.97 Å². The summed E-state index contributed by atoms with van der Waals surface area (Å²) < 4.78 is 4.78. The van der Waals surface area contributed by atoms with Crippen LogP contribution < -0.4 is 0 Å². The minimum atomic E-state index is -0.199. The lowest BCUT2D eigenvalue weighted by atomic mass is 10.1. The molecule has 3 aromatic carbocycles. The Labute approximate surface area is 122 Å². The average Bonchev–Trinajstić information content (AvgIpc) is 2.91. The van der Waals surface area contributed by atoms with Crippen molar-refractivity contribution in [1.29, 1.82) is 0 Å². The summed E-state index contributed by atoms with van der Waals surface area (Å²) in [5.41, 5.74) is 1.70. The topological polar surface area (TPSA) is 46.5 Å². The van der Waals surface area contributed by atoms with Crippen molar-refractivity contribution in [3.8, 4) is 5.75 Å².